The van der Waals surface area contributed by atoms with Crippen LogP contribution in [0.3, 0.4) is 0 Å². The van der Waals surface area contributed by atoms with E-state index in [1.54, 1.807) is 0 Å². The molecular weight excluding hydrogens is 246 g/mol. The number of hydrogen-bond acceptors (Lipinski definition) is 6. The summed E-state index contributed by atoms with van der Waals surface area (Å²) in [4.78, 5) is 20.5. The van der Waals surface area contributed by atoms with Crippen LogP contribution in [0.5, 0.6) is 0 Å². The summed E-state index contributed by atoms with van der Waals surface area (Å²) in [5.41, 5.74) is 2.14. The first kappa shape index (κ1) is 13.9. The van der Waals surface area contributed by atoms with Gasteiger partial charge in [0.25, 0.3) is 0 Å². The number of aromatic nitrogens is 2. The molecule has 1 N–H and O–H groups in total. The van der Waals surface area contributed by atoms with E-state index in [2.05, 4.69) is 15.3 Å². The molecule has 1 aromatic heterocycles. The van der Waals surface area contributed by atoms with E-state index < -0.39 is 5.97 Å². The van der Waals surface area contributed by atoms with E-state index in [1.165, 1.54) is 7.11 Å². The average Bonchev–Trinajstić information content (AvgIpc) is 2.46. The molecule has 0 amide bonds. The smallest absolute Gasteiger partial charge is 0.357 e. The summed E-state index contributed by atoms with van der Waals surface area (Å²) in [6, 6.07) is 0. The third-order valence-corrected chi connectivity index (χ3v) is 2.94. The third kappa shape index (κ3) is 3.27. The SMILES string of the molecule is CCCOCc1nc2c(c(C(=O)OC)n1)CCNC2. The molecule has 0 bridgehead atoms. The van der Waals surface area contributed by atoms with Crippen molar-refractivity contribution in [1.82, 2.24) is 15.3 Å². The van der Waals surface area contributed by atoms with Crippen LogP contribution < -0.4 is 5.32 Å². The van der Waals surface area contributed by atoms with E-state index in [1.807, 2.05) is 6.92 Å². The van der Waals surface area contributed by atoms with Crippen LogP contribution in [0, 0.1) is 0 Å². The van der Waals surface area contributed by atoms with Crippen LogP contribution in [-0.4, -0.2) is 36.2 Å². The summed E-state index contributed by atoms with van der Waals surface area (Å²) in [7, 11) is 1.37. The van der Waals surface area contributed by atoms with Gasteiger partial charge in [-0.25, -0.2) is 14.8 Å². The van der Waals surface area contributed by atoms with E-state index in [4.69, 9.17) is 9.47 Å². The van der Waals surface area contributed by atoms with Crippen LogP contribution in [0.1, 0.15) is 40.9 Å². The zero-order valence-corrected chi connectivity index (χ0v) is 11.4. The molecule has 2 heterocycles. The fourth-order valence-electron chi connectivity index (χ4n) is 2.05. The van der Waals surface area contributed by atoms with Gasteiger partial charge in [0.15, 0.2) is 11.5 Å². The monoisotopic (exact) mass is 265 g/mol. The van der Waals surface area contributed by atoms with Gasteiger partial charge in [-0.05, 0) is 19.4 Å². The molecule has 6 nitrogen and oxygen atoms in total. The van der Waals surface area contributed by atoms with Crippen LogP contribution in [-0.2, 0) is 29.0 Å². The largest absolute Gasteiger partial charge is 0.464 e. The Morgan fingerprint density at radius 2 is 2.26 bits per heavy atom. The second kappa shape index (κ2) is 6.58. The zero-order valence-electron chi connectivity index (χ0n) is 11.4. The van der Waals surface area contributed by atoms with Gasteiger partial charge in [-0.15, -0.1) is 0 Å². The molecule has 6 heteroatoms. The van der Waals surface area contributed by atoms with Crippen LogP contribution >= 0.6 is 0 Å². The molecule has 1 aliphatic heterocycles. The van der Waals surface area contributed by atoms with E-state index in [0.717, 1.165) is 30.6 Å². The van der Waals surface area contributed by atoms with Gasteiger partial charge < -0.3 is 14.8 Å². The zero-order chi connectivity index (χ0) is 13.7. The van der Waals surface area contributed by atoms with Gasteiger partial charge in [-0.3, -0.25) is 0 Å². The van der Waals surface area contributed by atoms with E-state index >= 15 is 0 Å². The van der Waals surface area contributed by atoms with Crippen molar-refractivity contribution < 1.29 is 14.3 Å². The lowest BCUT2D eigenvalue weighted by molar-refractivity contribution is 0.0589. The highest BCUT2D eigenvalue weighted by Crippen LogP contribution is 2.17. The molecule has 0 aliphatic carbocycles. The van der Waals surface area contributed by atoms with Gasteiger partial charge in [0.2, 0.25) is 0 Å². The molecule has 1 aromatic rings. The predicted octanol–water partition coefficient (Wildman–Crippen LogP) is 0.835. The van der Waals surface area contributed by atoms with Crippen LogP contribution in [0.25, 0.3) is 0 Å². The Kier molecular flexibility index (Phi) is 4.81. The lowest BCUT2D eigenvalue weighted by Crippen LogP contribution is -2.28. The van der Waals surface area contributed by atoms with Crippen molar-refractivity contribution in [3.8, 4) is 0 Å². The minimum atomic E-state index is -0.405. The molecule has 0 unspecified atom stereocenters. The molecule has 19 heavy (non-hydrogen) atoms. The molecule has 104 valence electrons. The van der Waals surface area contributed by atoms with Crippen LogP contribution in [0.15, 0.2) is 0 Å². The molecule has 0 fully saturated rings. The van der Waals surface area contributed by atoms with Gasteiger partial charge in [0, 0.05) is 18.7 Å². The third-order valence-electron chi connectivity index (χ3n) is 2.94. The Morgan fingerprint density at radius 3 is 3.00 bits per heavy atom. The highest BCUT2D eigenvalue weighted by molar-refractivity contribution is 5.89. The number of nitrogens with one attached hydrogen (secondary N) is 1. The van der Waals surface area contributed by atoms with Gasteiger partial charge in [0.1, 0.15) is 6.61 Å². The summed E-state index contributed by atoms with van der Waals surface area (Å²) in [5, 5.41) is 3.24. The standard InChI is InChI=1S/C13H19N3O3/c1-3-6-19-8-11-15-10-7-14-5-4-9(10)12(16-11)13(17)18-2/h14H,3-8H2,1-2H3. The summed E-state index contributed by atoms with van der Waals surface area (Å²) in [5.74, 6) is 0.133. The quantitative estimate of drug-likeness (QED) is 0.628. The molecule has 0 saturated carbocycles. The Morgan fingerprint density at radius 1 is 1.42 bits per heavy atom. The van der Waals surface area contributed by atoms with Gasteiger partial charge in [-0.1, -0.05) is 6.92 Å². The van der Waals surface area contributed by atoms with E-state index in [9.17, 15) is 4.79 Å². The molecule has 0 saturated heterocycles. The van der Waals surface area contributed by atoms with Crippen LogP contribution in [0.2, 0.25) is 0 Å². The van der Waals surface area contributed by atoms with E-state index in [-0.39, 0.29) is 0 Å². The first-order chi connectivity index (χ1) is 9.26. The number of ether oxygens (including phenoxy) is 2. The van der Waals surface area contributed by atoms with Crippen molar-refractivity contribution in [3.05, 3.63) is 22.8 Å². The Bertz CT molecular complexity index is 463. The molecular formula is C13H19N3O3. The topological polar surface area (TPSA) is 73.3 Å². The molecule has 2 rings (SSSR count). The van der Waals surface area contributed by atoms with Crippen molar-refractivity contribution in [2.45, 2.75) is 32.9 Å². The normalized spacial score (nSPS) is 14.0. The van der Waals surface area contributed by atoms with Crippen LogP contribution in [0.4, 0.5) is 0 Å². The highest BCUT2D eigenvalue weighted by atomic mass is 16.5. The van der Waals surface area contributed by atoms with Crippen molar-refractivity contribution >= 4 is 5.97 Å². The number of carbonyl (C=O) groups is 1. The van der Waals surface area contributed by atoms with Crippen molar-refractivity contribution in [2.75, 3.05) is 20.3 Å². The number of carbonyl (C=O) groups excluding carboxylic acids is 1. The Labute approximate surface area is 112 Å². The van der Waals surface area contributed by atoms with Crippen molar-refractivity contribution in [1.29, 1.82) is 0 Å². The molecule has 1 aliphatic rings. The number of nitrogens with zero attached hydrogens (tertiary/aromatic N) is 2. The minimum Gasteiger partial charge on any atom is -0.464 e. The Balaban J connectivity index is 2.28. The fraction of sp³-hybridized carbons (Fsp3) is 0.615. The van der Waals surface area contributed by atoms with Gasteiger partial charge >= 0.3 is 5.97 Å². The van der Waals surface area contributed by atoms with E-state index in [0.29, 0.717) is 31.3 Å². The fourth-order valence-corrected chi connectivity index (χ4v) is 2.05. The maximum Gasteiger partial charge on any atom is 0.357 e. The minimum absolute atomic E-state index is 0.325. The van der Waals surface area contributed by atoms with Gasteiger partial charge in [0.05, 0.1) is 12.8 Å². The highest BCUT2D eigenvalue weighted by Gasteiger charge is 2.22. The maximum atomic E-state index is 11.8. The number of esters is 1. The summed E-state index contributed by atoms with van der Waals surface area (Å²) in [6.07, 6.45) is 1.69. The summed E-state index contributed by atoms with van der Waals surface area (Å²) in [6.45, 7) is 4.50. The van der Waals surface area contributed by atoms with Gasteiger partial charge in [-0.2, -0.15) is 0 Å². The molecule has 0 atom stereocenters. The lowest BCUT2D eigenvalue weighted by atomic mass is 10.0. The van der Waals surface area contributed by atoms with Crippen molar-refractivity contribution in [3.63, 3.8) is 0 Å². The lowest BCUT2D eigenvalue weighted by Gasteiger charge is -2.19. The number of hydrogen-bond donors (Lipinski definition) is 1. The number of methoxy groups -OCH3 is 1. The summed E-state index contributed by atoms with van der Waals surface area (Å²) < 4.78 is 10.2. The average molecular weight is 265 g/mol. The molecule has 0 aromatic carbocycles. The second-order valence-corrected chi connectivity index (χ2v) is 4.38. The first-order valence-corrected chi connectivity index (χ1v) is 6.51. The molecule has 0 spiro atoms. The molecule has 0 radical (unpaired) electrons. The Hall–Kier alpha value is -1.53. The predicted molar refractivity (Wildman–Crippen MR) is 68.7 cm³/mol. The number of fused-ring (bicyclic) bond motifs is 1. The maximum absolute atomic E-state index is 11.8. The first-order valence-electron chi connectivity index (χ1n) is 6.51. The number of rotatable bonds is 5. The van der Waals surface area contributed by atoms with Crippen molar-refractivity contribution in [2.24, 2.45) is 0 Å². The summed E-state index contributed by atoms with van der Waals surface area (Å²) >= 11 is 0. The second-order valence-electron chi connectivity index (χ2n) is 4.38.